The second-order valence-corrected chi connectivity index (χ2v) is 7.48. The number of likely N-dealkylation sites (tertiary alicyclic amines) is 1. The number of carbonyl (C=O) groups is 4. The van der Waals surface area contributed by atoms with Crippen LogP contribution in [-0.4, -0.2) is 41.7 Å². The molecule has 1 saturated carbocycles. The summed E-state index contributed by atoms with van der Waals surface area (Å²) in [6.45, 7) is 0.238. The summed E-state index contributed by atoms with van der Waals surface area (Å²) in [5.74, 6) is -2.91. The summed E-state index contributed by atoms with van der Waals surface area (Å²) in [5, 5.41) is 0. The van der Waals surface area contributed by atoms with Crippen LogP contribution in [0.15, 0.2) is 30.3 Å². The predicted octanol–water partition coefficient (Wildman–Crippen LogP) is 2.59. The third-order valence-corrected chi connectivity index (χ3v) is 5.86. The molecule has 7 heteroatoms. The molecular weight excluding hydrogens is 365 g/mol. The smallest absolute Gasteiger partial charge is 0.322 e. The summed E-state index contributed by atoms with van der Waals surface area (Å²) in [5.41, 5.74) is -1.17. The lowest BCUT2D eigenvalue weighted by molar-refractivity contribution is -0.179. The molecule has 6 nitrogen and oxygen atoms in total. The number of aldehydes is 1. The predicted molar refractivity (Wildman–Crippen MR) is 97.5 cm³/mol. The van der Waals surface area contributed by atoms with Crippen molar-refractivity contribution in [3.05, 3.63) is 35.9 Å². The van der Waals surface area contributed by atoms with E-state index in [1.807, 2.05) is 6.07 Å². The summed E-state index contributed by atoms with van der Waals surface area (Å²) < 4.78 is 19.4. The highest BCUT2D eigenvalue weighted by atomic mass is 19.1. The van der Waals surface area contributed by atoms with Gasteiger partial charge in [-0.25, -0.2) is 0 Å². The van der Waals surface area contributed by atoms with Crippen molar-refractivity contribution in [2.24, 2.45) is 11.3 Å². The third kappa shape index (κ3) is 3.70. The number of carbonyl (C=O) groups excluding carboxylic acids is 4. The van der Waals surface area contributed by atoms with Crippen molar-refractivity contribution in [2.75, 3.05) is 6.54 Å². The standard InChI is InChI=1S/C21H24FNO5/c22-18(25)17-10-4-5-11-21(17,19(26)23-12-6-9-16(23)13-24)20(27)28-14-15-7-2-1-3-8-15/h1-3,7-8,13,16-17H,4-6,9-12,14H2. The van der Waals surface area contributed by atoms with Crippen LogP contribution in [0.25, 0.3) is 0 Å². The summed E-state index contributed by atoms with van der Waals surface area (Å²) in [6.07, 6.45) is 3.01. The van der Waals surface area contributed by atoms with Crippen LogP contribution in [-0.2, 0) is 30.5 Å². The third-order valence-electron chi connectivity index (χ3n) is 5.86. The highest BCUT2D eigenvalue weighted by molar-refractivity contribution is 6.07. The lowest BCUT2D eigenvalue weighted by Gasteiger charge is -2.41. The van der Waals surface area contributed by atoms with Crippen molar-refractivity contribution in [3.8, 4) is 0 Å². The monoisotopic (exact) mass is 389 g/mol. The Bertz CT molecular complexity index is 752. The molecule has 0 aromatic heterocycles. The Hall–Kier alpha value is -2.57. The first-order valence-electron chi connectivity index (χ1n) is 9.67. The van der Waals surface area contributed by atoms with E-state index >= 15 is 0 Å². The van der Waals surface area contributed by atoms with Crippen molar-refractivity contribution in [3.63, 3.8) is 0 Å². The topological polar surface area (TPSA) is 80.8 Å². The minimum atomic E-state index is -1.90. The molecule has 1 amide bonds. The fourth-order valence-electron chi connectivity index (χ4n) is 4.36. The van der Waals surface area contributed by atoms with E-state index in [-0.39, 0.29) is 19.4 Å². The minimum Gasteiger partial charge on any atom is -0.460 e. The molecule has 1 saturated heterocycles. The van der Waals surface area contributed by atoms with Gasteiger partial charge in [-0.15, -0.1) is 0 Å². The van der Waals surface area contributed by atoms with Gasteiger partial charge in [-0.2, -0.15) is 4.39 Å². The number of ether oxygens (including phenoxy) is 1. The van der Waals surface area contributed by atoms with E-state index in [0.29, 0.717) is 38.5 Å². The number of hydrogen-bond acceptors (Lipinski definition) is 5. The molecule has 0 N–H and O–H groups in total. The maximum atomic E-state index is 13.9. The molecule has 3 unspecified atom stereocenters. The van der Waals surface area contributed by atoms with Crippen molar-refractivity contribution in [1.82, 2.24) is 4.90 Å². The van der Waals surface area contributed by atoms with Gasteiger partial charge in [0, 0.05) is 6.54 Å². The zero-order chi connectivity index (χ0) is 20.1. The van der Waals surface area contributed by atoms with Crippen molar-refractivity contribution >= 4 is 24.2 Å². The molecule has 0 radical (unpaired) electrons. The molecule has 1 aromatic rings. The fraction of sp³-hybridized carbons (Fsp3) is 0.524. The number of halogens is 1. The quantitative estimate of drug-likeness (QED) is 0.323. The highest BCUT2D eigenvalue weighted by Gasteiger charge is 2.59. The molecule has 28 heavy (non-hydrogen) atoms. The van der Waals surface area contributed by atoms with Crippen LogP contribution in [0.4, 0.5) is 4.39 Å². The molecular formula is C21H24FNO5. The van der Waals surface area contributed by atoms with Crippen molar-refractivity contribution in [1.29, 1.82) is 0 Å². The van der Waals surface area contributed by atoms with Gasteiger partial charge in [-0.1, -0.05) is 43.2 Å². The maximum absolute atomic E-state index is 13.9. The number of benzene rings is 1. The molecule has 2 aliphatic rings. The van der Waals surface area contributed by atoms with Crippen LogP contribution in [0.3, 0.4) is 0 Å². The van der Waals surface area contributed by atoms with E-state index in [2.05, 4.69) is 0 Å². The molecule has 3 atom stereocenters. The van der Waals surface area contributed by atoms with Crippen LogP contribution in [0.2, 0.25) is 0 Å². The van der Waals surface area contributed by atoms with Gasteiger partial charge in [-0.3, -0.25) is 14.4 Å². The Kier molecular flexibility index (Phi) is 6.21. The lowest BCUT2D eigenvalue weighted by Crippen LogP contribution is -2.57. The number of hydrogen-bond donors (Lipinski definition) is 0. The molecule has 1 aliphatic carbocycles. The first kappa shape index (κ1) is 20.2. The molecule has 0 spiro atoms. The van der Waals surface area contributed by atoms with Gasteiger partial charge >= 0.3 is 12.0 Å². The number of nitrogens with zero attached hydrogens (tertiary/aromatic N) is 1. The molecule has 1 heterocycles. The Morgan fingerprint density at radius 2 is 1.89 bits per heavy atom. The average molecular weight is 389 g/mol. The normalized spacial score (nSPS) is 27.2. The van der Waals surface area contributed by atoms with Crippen molar-refractivity contribution in [2.45, 2.75) is 51.2 Å². The van der Waals surface area contributed by atoms with Gasteiger partial charge in [0.25, 0.3) is 0 Å². The Balaban J connectivity index is 1.91. The second kappa shape index (κ2) is 8.63. The van der Waals surface area contributed by atoms with E-state index in [1.165, 1.54) is 4.90 Å². The molecule has 1 aromatic carbocycles. The summed E-state index contributed by atoms with van der Waals surface area (Å²) in [6, 6.07) is 6.61. The molecule has 1 aliphatic heterocycles. The summed E-state index contributed by atoms with van der Waals surface area (Å²) >= 11 is 0. The zero-order valence-electron chi connectivity index (χ0n) is 15.6. The van der Waals surface area contributed by atoms with Crippen LogP contribution in [0.1, 0.15) is 44.1 Å². The molecule has 0 bridgehead atoms. The van der Waals surface area contributed by atoms with Crippen LogP contribution < -0.4 is 0 Å². The van der Waals surface area contributed by atoms with Crippen LogP contribution in [0, 0.1) is 11.3 Å². The van der Waals surface area contributed by atoms with Gasteiger partial charge in [0.15, 0.2) is 5.41 Å². The lowest BCUT2D eigenvalue weighted by atomic mass is 9.65. The van der Waals surface area contributed by atoms with Gasteiger partial charge in [0.2, 0.25) is 5.91 Å². The molecule has 150 valence electrons. The first-order valence-corrected chi connectivity index (χ1v) is 9.67. The maximum Gasteiger partial charge on any atom is 0.322 e. The second-order valence-electron chi connectivity index (χ2n) is 7.48. The number of esters is 1. The van der Waals surface area contributed by atoms with Gasteiger partial charge < -0.3 is 14.4 Å². The Morgan fingerprint density at radius 1 is 1.14 bits per heavy atom. The van der Waals surface area contributed by atoms with E-state index in [1.54, 1.807) is 24.3 Å². The largest absolute Gasteiger partial charge is 0.460 e. The van der Waals surface area contributed by atoms with E-state index in [4.69, 9.17) is 4.74 Å². The Morgan fingerprint density at radius 3 is 2.57 bits per heavy atom. The van der Waals surface area contributed by atoms with Crippen molar-refractivity contribution < 1.29 is 28.3 Å². The Labute approximate surface area is 163 Å². The number of amides is 1. The number of rotatable bonds is 6. The van der Waals surface area contributed by atoms with Gasteiger partial charge in [-0.05, 0) is 31.2 Å². The SMILES string of the molecule is O=CC1CCCN1C(=O)C1(C(=O)OCc2ccccc2)CCCCC1C(=O)F. The summed E-state index contributed by atoms with van der Waals surface area (Å²) in [7, 11) is 0. The van der Waals surface area contributed by atoms with Crippen LogP contribution >= 0.6 is 0 Å². The minimum absolute atomic E-state index is 0.0435. The van der Waals surface area contributed by atoms with E-state index < -0.39 is 35.3 Å². The first-order chi connectivity index (χ1) is 13.5. The molecule has 2 fully saturated rings. The highest BCUT2D eigenvalue weighted by Crippen LogP contribution is 2.46. The summed E-state index contributed by atoms with van der Waals surface area (Å²) in [4.78, 5) is 51.0. The fourth-order valence-corrected chi connectivity index (χ4v) is 4.36. The van der Waals surface area contributed by atoms with E-state index in [0.717, 1.165) is 5.56 Å². The average Bonchev–Trinajstić information content (AvgIpc) is 3.20. The zero-order valence-corrected chi connectivity index (χ0v) is 15.6. The van der Waals surface area contributed by atoms with Gasteiger partial charge in [0.05, 0.1) is 12.0 Å². The molecule has 3 rings (SSSR count). The van der Waals surface area contributed by atoms with E-state index in [9.17, 15) is 23.6 Å². The van der Waals surface area contributed by atoms with Crippen LogP contribution in [0.5, 0.6) is 0 Å². The van der Waals surface area contributed by atoms with Gasteiger partial charge in [0.1, 0.15) is 12.9 Å².